The molecule has 0 atom stereocenters. The molecular weight excluding hydrogens is 270 g/mol. The van der Waals surface area contributed by atoms with Crippen molar-refractivity contribution in [2.24, 2.45) is 0 Å². The van der Waals surface area contributed by atoms with Crippen molar-refractivity contribution in [3.63, 3.8) is 0 Å². The average molecular weight is 291 g/mol. The summed E-state index contributed by atoms with van der Waals surface area (Å²) in [4.78, 5) is 0. The molecule has 0 heterocycles. The van der Waals surface area contributed by atoms with Gasteiger partial charge >= 0.3 is 0 Å². The molecule has 3 rings (SSSR count). The van der Waals surface area contributed by atoms with E-state index >= 15 is 0 Å². The van der Waals surface area contributed by atoms with Crippen LogP contribution >= 0.6 is 0 Å². The summed E-state index contributed by atoms with van der Waals surface area (Å²) in [5.41, 5.74) is 21.7. The highest BCUT2D eigenvalue weighted by atomic mass is 14.6. The van der Waals surface area contributed by atoms with Crippen molar-refractivity contribution in [1.29, 1.82) is 0 Å². The second-order valence-electron chi connectivity index (χ2n) is 5.03. The Morgan fingerprint density at radius 3 is 1.64 bits per heavy atom. The van der Waals surface area contributed by atoms with Gasteiger partial charge in [-0.3, -0.25) is 0 Å². The molecule has 0 aliphatic rings. The Kier molecular flexibility index (Phi) is 5.44. The molecule has 112 valence electrons. The summed E-state index contributed by atoms with van der Waals surface area (Å²) in [7, 11) is 0. The highest BCUT2D eigenvalue weighted by molar-refractivity contribution is 5.49. The van der Waals surface area contributed by atoms with Gasteiger partial charge in [-0.1, -0.05) is 48.5 Å². The number of anilines is 3. The summed E-state index contributed by atoms with van der Waals surface area (Å²) in [6.07, 6.45) is 0.854. The summed E-state index contributed by atoms with van der Waals surface area (Å²) in [5, 5.41) is 0. The van der Waals surface area contributed by atoms with Crippen LogP contribution in [0.25, 0.3) is 0 Å². The van der Waals surface area contributed by atoms with Gasteiger partial charge < -0.3 is 17.2 Å². The van der Waals surface area contributed by atoms with E-state index in [0.29, 0.717) is 0 Å². The second-order valence-corrected chi connectivity index (χ2v) is 5.03. The summed E-state index contributed by atoms with van der Waals surface area (Å²) in [5.74, 6) is 0. The number of benzene rings is 3. The predicted molar refractivity (Wildman–Crippen MR) is 95.4 cm³/mol. The largest absolute Gasteiger partial charge is 0.399 e. The van der Waals surface area contributed by atoms with Crippen LogP contribution in [-0.2, 0) is 6.42 Å². The number of hydrogen-bond acceptors (Lipinski definition) is 3. The maximum atomic E-state index is 5.87. The van der Waals surface area contributed by atoms with Crippen molar-refractivity contribution in [2.45, 2.75) is 6.42 Å². The minimum Gasteiger partial charge on any atom is -0.399 e. The summed E-state index contributed by atoms with van der Waals surface area (Å²) in [6, 6.07) is 25.3. The van der Waals surface area contributed by atoms with Gasteiger partial charge in [0.15, 0.2) is 0 Å². The Bertz CT molecular complexity index is 691. The first-order valence-corrected chi connectivity index (χ1v) is 7.13. The van der Waals surface area contributed by atoms with Crippen molar-refractivity contribution in [3.05, 3.63) is 90.0 Å². The molecule has 3 aromatic rings. The lowest BCUT2D eigenvalue weighted by Gasteiger charge is -2.05. The minimum atomic E-state index is 0.791. The third-order valence-electron chi connectivity index (χ3n) is 3.23. The van der Waals surface area contributed by atoms with Crippen LogP contribution in [0, 0.1) is 0 Å². The van der Waals surface area contributed by atoms with Gasteiger partial charge in [-0.15, -0.1) is 0 Å². The quantitative estimate of drug-likeness (QED) is 0.630. The molecule has 0 saturated heterocycles. The molecule has 3 nitrogen and oxygen atoms in total. The molecule has 0 aromatic heterocycles. The van der Waals surface area contributed by atoms with Crippen LogP contribution in [0.15, 0.2) is 78.9 Å². The first-order chi connectivity index (χ1) is 10.6. The number of nitrogens with two attached hydrogens (primary N) is 3. The number of rotatable bonds is 2. The topological polar surface area (TPSA) is 78.1 Å². The predicted octanol–water partition coefficient (Wildman–Crippen LogP) is 3.71. The van der Waals surface area contributed by atoms with Gasteiger partial charge in [0.05, 0.1) is 0 Å². The van der Waals surface area contributed by atoms with E-state index in [4.69, 9.17) is 17.2 Å². The molecule has 6 N–H and O–H groups in total. The van der Waals surface area contributed by atoms with E-state index in [1.165, 1.54) is 5.56 Å². The summed E-state index contributed by atoms with van der Waals surface area (Å²) in [6.45, 7) is 0. The average Bonchev–Trinajstić information content (AvgIpc) is 2.53. The van der Waals surface area contributed by atoms with E-state index in [1.54, 1.807) is 0 Å². The van der Waals surface area contributed by atoms with Crippen LogP contribution in [0.3, 0.4) is 0 Å². The van der Waals surface area contributed by atoms with Crippen molar-refractivity contribution < 1.29 is 0 Å². The molecule has 0 amide bonds. The van der Waals surface area contributed by atoms with Crippen LogP contribution in [-0.4, -0.2) is 0 Å². The van der Waals surface area contributed by atoms with Gasteiger partial charge in [0.1, 0.15) is 0 Å². The van der Waals surface area contributed by atoms with Crippen molar-refractivity contribution >= 4 is 17.1 Å². The Morgan fingerprint density at radius 2 is 1.09 bits per heavy atom. The van der Waals surface area contributed by atoms with E-state index in [-0.39, 0.29) is 0 Å². The highest BCUT2D eigenvalue weighted by Crippen LogP contribution is 2.16. The molecule has 0 fully saturated rings. The SMILES string of the molecule is Nc1ccc(Cc2ccccc2N)cc1.Nc1ccccc1. The molecule has 0 radical (unpaired) electrons. The highest BCUT2D eigenvalue weighted by Gasteiger charge is 1.99. The van der Waals surface area contributed by atoms with Gasteiger partial charge in [-0.2, -0.15) is 0 Å². The second kappa shape index (κ2) is 7.74. The van der Waals surface area contributed by atoms with Crippen molar-refractivity contribution in [2.75, 3.05) is 17.2 Å². The fraction of sp³-hybridized carbons (Fsp3) is 0.0526. The van der Waals surface area contributed by atoms with Crippen LogP contribution in [0.1, 0.15) is 11.1 Å². The number of hydrogen-bond donors (Lipinski definition) is 3. The van der Waals surface area contributed by atoms with Crippen molar-refractivity contribution in [1.82, 2.24) is 0 Å². The van der Waals surface area contributed by atoms with Gasteiger partial charge in [0.2, 0.25) is 0 Å². The van der Waals surface area contributed by atoms with Crippen LogP contribution in [0.2, 0.25) is 0 Å². The van der Waals surface area contributed by atoms with E-state index in [9.17, 15) is 0 Å². The molecule has 22 heavy (non-hydrogen) atoms. The number of para-hydroxylation sites is 2. The summed E-state index contributed by atoms with van der Waals surface area (Å²) >= 11 is 0. The van der Waals surface area contributed by atoms with Crippen LogP contribution in [0.4, 0.5) is 17.1 Å². The lowest BCUT2D eigenvalue weighted by Crippen LogP contribution is -1.95. The maximum absolute atomic E-state index is 5.87. The van der Waals surface area contributed by atoms with Gasteiger partial charge in [0.25, 0.3) is 0 Å². The fourth-order valence-corrected chi connectivity index (χ4v) is 2.00. The fourth-order valence-electron chi connectivity index (χ4n) is 2.00. The zero-order chi connectivity index (χ0) is 15.8. The zero-order valence-electron chi connectivity index (χ0n) is 12.4. The van der Waals surface area contributed by atoms with E-state index < -0.39 is 0 Å². The molecule has 0 spiro atoms. The molecular formula is C19H21N3. The zero-order valence-corrected chi connectivity index (χ0v) is 12.4. The molecule has 0 unspecified atom stereocenters. The standard InChI is InChI=1S/C13H14N2.C6H7N/c14-12-7-5-10(6-8-12)9-11-3-1-2-4-13(11)15;7-6-4-2-1-3-5-6/h1-8H,9,14-15H2;1-5H,7H2. The molecule has 3 aromatic carbocycles. The normalized spacial score (nSPS) is 9.64. The number of nitrogen functional groups attached to an aromatic ring is 3. The Morgan fingerprint density at radius 1 is 0.545 bits per heavy atom. The van der Waals surface area contributed by atoms with E-state index in [2.05, 4.69) is 0 Å². The van der Waals surface area contributed by atoms with Crippen LogP contribution < -0.4 is 17.2 Å². The van der Waals surface area contributed by atoms with Gasteiger partial charge in [0, 0.05) is 17.1 Å². The molecule has 0 saturated carbocycles. The first kappa shape index (κ1) is 15.4. The Hall–Kier alpha value is -2.94. The maximum Gasteiger partial charge on any atom is 0.0349 e. The van der Waals surface area contributed by atoms with E-state index in [0.717, 1.165) is 29.0 Å². The third-order valence-corrected chi connectivity index (χ3v) is 3.23. The van der Waals surface area contributed by atoms with Gasteiger partial charge in [-0.25, -0.2) is 0 Å². The van der Waals surface area contributed by atoms with Crippen LogP contribution in [0.5, 0.6) is 0 Å². The van der Waals surface area contributed by atoms with Crippen molar-refractivity contribution in [3.8, 4) is 0 Å². The molecule has 0 aliphatic heterocycles. The first-order valence-electron chi connectivity index (χ1n) is 7.13. The monoisotopic (exact) mass is 291 g/mol. The Balaban J connectivity index is 0.000000211. The smallest absolute Gasteiger partial charge is 0.0349 e. The Labute approximate surface area is 131 Å². The molecule has 0 bridgehead atoms. The lowest BCUT2D eigenvalue weighted by molar-refractivity contribution is 1.20. The molecule has 3 heteroatoms. The third kappa shape index (κ3) is 4.87. The van der Waals surface area contributed by atoms with E-state index in [1.807, 2.05) is 78.9 Å². The van der Waals surface area contributed by atoms with Gasteiger partial charge in [-0.05, 0) is 47.9 Å². The lowest BCUT2D eigenvalue weighted by atomic mass is 10.0. The summed E-state index contributed by atoms with van der Waals surface area (Å²) < 4.78 is 0. The molecule has 0 aliphatic carbocycles. The minimum absolute atomic E-state index is 0.791.